The van der Waals surface area contributed by atoms with Gasteiger partial charge in [0.1, 0.15) is 19.3 Å². The van der Waals surface area contributed by atoms with Crippen molar-refractivity contribution in [1.82, 2.24) is 0 Å². The van der Waals surface area contributed by atoms with Crippen LogP contribution in [-0.4, -0.2) is 96.7 Å². The minimum absolute atomic E-state index is 0.102. The summed E-state index contributed by atoms with van der Waals surface area (Å²) in [6.45, 7) is 7.06. The molecule has 0 bridgehead atoms. The maximum absolute atomic E-state index is 13.0. The van der Waals surface area contributed by atoms with Gasteiger partial charge in [0, 0.05) is 25.7 Å². The first-order valence-electron chi connectivity index (χ1n) is 37.1. The first kappa shape index (κ1) is 88.1. The Kier molecular flexibility index (Phi) is 63.0. The highest BCUT2D eigenvalue weighted by molar-refractivity contribution is 7.47. The molecular weight excluding hydrogens is 1190 g/mol. The molecule has 0 saturated heterocycles. The lowest BCUT2D eigenvalue weighted by Crippen LogP contribution is -2.30. The van der Waals surface area contributed by atoms with E-state index in [1.807, 2.05) is 0 Å². The SMILES string of the molecule is CCCCCCCCCCCCCCCCCCCCCCCCC(=O)O[C@H](COC(=O)CCCCCCCCCCCCCCCC)COP(=O)(O)OC[C@@H](O)COP(=O)(O)OC[C@@H](COC(=O)CCCCCCC)OC(=O)CCCCCCCCC(C)C. The van der Waals surface area contributed by atoms with Crippen molar-refractivity contribution in [3.63, 3.8) is 0 Å². The van der Waals surface area contributed by atoms with Gasteiger partial charge in [-0.15, -0.1) is 0 Å². The number of rotatable bonds is 71. The van der Waals surface area contributed by atoms with Crippen LogP contribution in [0.25, 0.3) is 0 Å². The predicted octanol–water partition coefficient (Wildman–Crippen LogP) is 20.5. The lowest BCUT2D eigenvalue weighted by atomic mass is 10.0. The van der Waals surface area contributed by atoms with Crippen LogP contribution in [0.3, 0.4) is 0 Å². The molecule has 0 aliphatic heterocycles. The Balaban J connectivity index is 5.08. The van der Waals surface area contributed by atoms with Crippen LogP contribution in [0.1, 0.15) is 369 Å². The molecule has 2 unspecified atom stereocenters. The van der Waals surface area contributed by atoms with E-state index in [4.69, 9.17) is 37.0 Å². The molecule has 534 valence electrons. The van der Waals surface area contributed by atoms with Gasteiger partial charge in [0.2, 0.25) is 0 Å². The van der Waals surface area contributed by atoms with Crippen molar-refractivity contribution in [2.75, 3.05) is 39.6 Å². The van der Waals surface area contributed by atoms with Crippen LogP contribution in [0.5, 0.6) is 0 Å². The van der Waals surface area contributed by atoms with Gasteiger partial charge in [-0.25, -0.2) is 9.13 Å². The molecule has 0 aliphatic rings. The minimum Gasteiger partial charge on any atom is -0.462 e. The highest BCUT2D eigenvalue weighted by Crippen LogP contribution is 2.45. The van der Waals surface area contributed by atoms with Crippen molar-refractivity contribution in [2.24, 2.45) is 5.92 Å². The van der Waals surface area contributed by atoms with Crippen LogP contribution in [0.4, 0.5) is 0 Å². The van der Waals surface area contributed by atoms with Gasteiger partial charge in [-0.05, 0) is 31.6 Å². The monoisotopic (exact) mass is 1320 g/mol. The van der Waals surface area contributed by atoms with Gasteiger partial charge >= 0.3 is 39.5 Å². The van der Waals surface area contributed by atoms with E-state index in [-0.39, 0.29) is 25.7 Å². The third kappa shape index (κ3) is 64.8. The Morgan fingerprint density at radius 2 is 0.511 bits per heavy atom. The van der Waals surface area contributed by atoms with Crippen molar-refractivity contribution >= 4 is 39.5 Å². The molecule has 0 heterocycles. The van der Waals surface area contributed by atoms with Gasteiger partial charge in [-0.1, -0.05) is 317 Å². The average Bonchev–Trinajstić information content (AvgIpc) is 3.65. The first-order chi connectivity index (χ1) is 43.5. The number of carbonyl (C=O) groups excluding carboxylic acids is 4. The second-order valence-corrected chi connectivity index (χ2v) is 29.0. The largest absolute Gasteiger partial charge is 0.472 e. The summed E-state index contributed by atoms with van der Waals surface area (Å²) in [7, 11) is -9.89. The summed E-state index contributed by atoms with van der Waals surface area (Å²) in [4.78, 5) is 72.2. The summed E-state index contributed by atoms with van der Waals surface area (Å²) >= 11 is 0. The number of phosphoric ester groups is 2. The Bertz CT molecular complexity index is 1740. The second-order valence-electron chi connectivity index (χ2n) is 26.1. The van der Waals surface area contributed by atoms with E-state index in [1.165, 1.54) is 186 Å². The number of phosphoric acid groups is 2. The maximum atomic E-state index is 13.0. The topological polar surface area (TPSA) is 237 Å². The fraction of sp³-hybridized carbons (Fsp3) is 0.944. The normalized spacial score (nSPS) is 14.1. The number of aliphatic hydroxyl groups excluding tert-OH is 1. The third-order valence-corrected chi connectivity index (χ3v) is 18.4. The summed E-state index contributed by atoms with van der Waals surface area (Å²) in [6, 6.07) is 0. The van der Waals surface area contributed by atoms with Crippen LogP contribution in [0.2, 0.25) is 0 Å². The van der Waals surface area contributed by atoms with Crippen molar-refractivity contribution in [3.8, 4) is 0 Å². The van der Waals surface area contributed by atoms with Gasteiger partial charge in [-0.3, -0.25) is 37.3 Å². The predicted molar refractivity (Wildman–Crippen MR) is 363 cm³/mol. The standard InChI is InChI=1S/C71H138O17P2/c1-6-9-12-15-17-19-21-23-25-26-27-28-29-30-31-32-34-36-38-40-46-51-56-70(75)87-67(61-82-69(74)55-50-45-39-37-35-33-24-22-20-18-16-13-10-7-2)63-86-90(79,80)84-59-65(72)58-83-89(77,78)85-62-66(60-81-68(73)54-49-43-14-11-8-3)88-71(76)57-52-47-42-41-44-48-53-64(4)5/h64-67,72H,6-63H2,1-5H3,(H,77,78)(H,79,80)/t65-,66+,67+/m0/s1. The van der Waals surface area contributed by atoms with E-state index < -0.39 is 97.5 Å². The Hall–Kier alpha value is -1.94. The zero-order chi connectivity index (χ0) is 66.3. The zero-order valence-electron chi connectivity index (χ0n) is 58.3. The van der Waals surface area contributed by atoms with Crippen LogP contribution >= 0.6 is 15.6 Å². The molecule has 19 heteroatoms. The zero-order valence-corrected chi connectivity index (χ0v) is 60.1. The summed E-state index contributed by atoms with van der Waals surface area (Å²) in [5, 5.41) is 10.5. The van der Waals surface area contributed by atoms with Gasteiger partial charge in [0.05, 0.1) is 26.4 Å². The molecule has 5 atom stereocenters. The van der Waals surface area contributed by atoms with Crippen LogP contribution < -0.4 is 0 Å². The van der Waals surface area contributed by atoms with Crippen molar-refractivity contribution < 1.29 is 80.2 Å². The van der Waals surface area contributed by atoms with Crippen LogP contribution in [0.15, 0.2) is 0 Å². The molecule has 0 radical (unpaired) electrons. The van der Waals surface area contributed by atoms with Gasteiger partial charge in [0.25, 0.3) is 0 Å². The van der Waals surface area contributed by atoms with E-state index in [0.29, 0.717) is 31.6 Å². The molecule has 0 aliphatic carbocycles. The molecule has 90 heavy (non-hydrogen) atoms. The number of esters is 4. The molecule has 0 aromatic heterocycles. The molecule has 0 aromatic carbocycles. The van der Waals surface area contributed by atoms with Gasteiger partial charge in [-0.2, -0.15) is 0 Å². The van der Waals surface area contributed by atoms with E-state index in [0.717, 1.165) is 96.3 Å². The highest BCUT2D eigenvalue weighted by atomic mass is 31.2. The number of hydrogen-bond acceptors (Lipinski definition) is 15. The van der Waals surface area contributed by atoms with Crippen molar-refractivity contribution in [3.05, 3.63) is 0 Å². The molecule has 0 aromatic rings. The summed E-state index contributed by atoms with van der Waals surface area (Å²) in [5.41, 5.74) is 0. The summed E-state index contributed by atoms with van der Waals surface area (Å²) in [5.74, 6) is -1.47. The van der Waals surface area contributed by atoms with E-state index in [9.17, 15) is 43.2 Å². The summed E-state index contributed by atoms with van der Waals surface area (Å²) < 4.78 is 68.0. The van der Waals surface area contributed by atoms with Gasteiger partial charge < -0.3 is 33.8 Å². The lowest BCUT2D eigenvalue weighted by molar-refractivity contribution is -0.161. The molecule has 0 spiro atoms. The van der Waals surface area contributed by atoms with E-state index in [1.54, 1.807) is 0 Å². The quantitative estimate of drug-likeness (QED) is 0.0222. The Morgan fingerprint density at radius 1 is 0.300 bits per heavy atom. The third-order valence-electron chi connectivity index (χ3n) is 16.5. The van der Waals surface area contributed by atoms with E-state index >= 15 is 0 Å². The Morgan fingerprint density at radius 3 is 0.756 bits per heavy atom. The van der Waals surface area contributed by atoms with Crippen molar-refractivity contribution in [2.45, 2.75) is 387 Å². The molecule has 17 nitrogen and oxygen atoms in total. The number of ether oxygens (including phenoxy) is 4. The van der Waals surface area contributed by atoms with E-state index in [2.05, 4.69) is 34.6 Å². The molecule has 0 fully saturated rings. The minimum atomic E-state index is -4.95. The number of unbranched alkanes of at least 4 members (excludes halogenated alkanes) is 43. The number of aliphatic hydroxyl groups is 1. The second kappa shape index (κ2) is 64.4. The Labute approximate surface area is 549 Å². The maximum Gasteiger partial charge on any atom is 0.472 e. The van der Waals surface area contributed by atoms with Crippen LogP contribution in [-0.2, 0) is 65.4 Å². The number of hydrogen-bond donors (Lipinski definition) is 3. The van der Waals surface area contributed by atoms with Crippen molar-refractivity contribution in [1.29, 1.82) is 0 Å². The molecular formula is C71H138O17P2. The van der Waals surface area contributed by atoms with Crippen LogP contribution in [0, 0.1) is 5.92 Å². The first-order valence-corrected chi connectivity index (χ1v) is 40.1. The average molecular weight is 1330 g/mol. The molecule has 0 saturated carbocycles. The fourth-order valence-electron chi connectivity index (χ4n) is 10.8. The fourth-order valence-corrected chi connectivity index (χ4v) is 12.4. The lowest BCUT2D eigenvalue weighted by Gasteiger charge is -2.21. The summed E-state index contributed by atoms with van der Waals surface area (Å²) in [6.07, 6.45) is 52.2. The highest BCUT2D eigenvalue weighted by Gasteiger charge is 2.30. The van der Waals surface area contributed by atoms with Gasteiger partial charge in [0.15, 0.2) is 12.2 Å². The molecule has 0 amide bonds. The smallest absolute Gasteiger partial charge is 0.462 e. The molecule has 0 rings (SSSR count). The molecule has 3 N–H and O–H groups in total. The number of carbonyl (C=O) groups is 4.